The van der Waals surface area contributed by atoms with Gasteiger partial charge in [-0.1, -0.05) is 20.8 Å². The molecule has 1 amide bonds. The monoisotopic (exact) mass is 276 g/mol. The zero-order chi connectivity index (χ0) is 14.9. The second-order valence-electron chi connectivity index (χ2n) is 5.85. The molecule has 6 nitrogen and oxygen atoms in total. The Morgan fingerprint density at radius 1 is 1.30 bits per heavy atom. The summed E-state index contributed by atoms with van der Waals surface area (Å²) in [5, 5.41) is 2.94. The lowest BCUT2D eigenvalue weighted by Crippen LogP contribution is -2.20. The minimum absolute atomic E-state index is 0.120. The lowest BCUT2D eigenvalue weighted by molar-refractivity contribution is -0.117. The summed E-state index contributed by atoms with van der Waals surface area (Å²) >= 11 is 0. The summed E-state index contributed by atoms with van der Waals surface area (Å²) in [5.74, 6) is -0.933. The third-order valence-corrected chi connectivity index (χ3v) is 2.64. The molecular formula is C14H16N2O4. The molecule has 6 heteroatoms. The second-order valence-corrected chi connectivity index (χ2v) is 5.85. The summed E-state index contributed by atoms with van der Waals surface area (Å²) in [4.78, 5) is 36.8. The first-order valence-electron chi connectivity index (χ1n) is 6.22. The fraction of sp³-hybridized carbons (Fsp3) is 0.357. The lowest BCUT2D eigenvalue weighted by atomic mass is 9.92. The van der Waals surface area contributed by atoms with Crippen LogP contribution in [0.3, 0.4) is 0 Å². The Morgan fingerprint density at radius 3 is 2.65 bits per heavy atom. The molecule has 0 saturated heterocycles. The molecule has 0 fully saturated rings. The molecule has 0 atom stereocenters. The highest BCUT2D eigenvalue weighted by Crippen LogP contribution is 2.20. The molecule has 2 rings (SSSR count). The normalized spacial score (nSPS) is 11.6. The first-order chi connectivity index (χ1) is 9.24. The van der Waals surface area contributed by atoms with Crippen molar-refractivity contribution in [2.45, 2.75) is 27.2 Å². The van der Waals surface area contributed by atoms with Gasteiger partial charge in [-0.2, -0.15) is 0 Å². The van der Waals surface area contributed by atoms with E-state index in [-0.39, 0.29) is 16.7 Å². The predicted molar refractivity (Wildman–Crippen MR) is 75.8 cm³/mol. The molecule has 0 spiro atoms. The van der Waals surface area contributed by atoms with Gasteiger partial charge in [-0.15, -0.1) is 0 Å². The van der Waals surface area contributed by atoms with E-state index in [1.807, 2.05) is 20.8 Å². The van der Waals surface area contributed by atoms with Gasteiger partial charge < -0.3 is 9.73 Å². The van der Waals surface area contributed by atoms with Crippen LogP contribution in [0.4, 0.5) is 5.69 Å². The third kappa shape index (κ3) is 3.34. The van der Waals surface area contributed by atoms with Crippen molar-refractivity contribution < 1.29 is 9.21 Å². The minimum atomic E-state index is -0.799. The van der Waals surface area contributed by atoms with E-state index in [1.54, 1.807) is 12.1 Å². The number of aromatic amines is 1. The highest BCUT2D eigenvalue weighted by atomic mass is 16.4. The van der Waals surface area contributed by atoms with Crippen LogP contribution in [0.25, 0.3) is 10.9 Å². The Hall–Kier alpha value is -2.37. The molecule has 1 aromatic heterocycles. The lowest BCUT2D eigenvalue weighted by Gasteiger charge is -2.17. The van der Waals surface area contributed by atoms with Crippen LogP contribution in [0.1, 0.15) is 27.2 Å². The quantitative estimate of drug-likeness (QED) is 0.875. The Morgan fingerprint density at radius 2 is 2.00 bits per heavy atom. The van der Waals surface area contributed by atoms with Gasteiger partial charge in [0, 0.05) is 12.1 Å². The van der Waals surface area contributed by atoms with E-state index in [9.17, 15) is 14.4 Å². The van der Waals surface area contributed by atoms with Crippen molar-refractivity contribution in [1.82, 2.24) is 4.98 Å². The number of carbonyl (C=O) groups excluding carboxylic acids is 1. The van der Waals surface area contributed by atoms with Crippen LogP contribution in [0.15, 0.2) is 32.2 Å². The number of rotatable bonds is 2. The van der Waals surface area contributed by atoms with Crippen molar-refractivity contribution in [2.75, 3.05) is 5.32 Å². The van der Waals surface area contributed by atoms with Crippen LogP contribution in [0.5, 0.6) is 0 Å². The molecule has 1 aromatic carbocycles. The number of aromatic nitrogens is 1. The molecule has 0 aliphatic heterocycles. The van der Waals surface area contributed by atoms with Crippen molar-refractivity contribution in [3.8, 4) is 0 Å². The molecular weight excluding hydrogens is 260 g/mol. The van der Waals surface area contributed by atoms with Crippen molar-refractivity contribution in [3.05, 3.63) is 39.2 Å². The summed E-state index contributed by atoms with van der Waals surface area (Å²) < 4.78 is 4.45. The Kier molecular flexibility index (Phi) is 3.48. The maximum atomic E-state index is 11.8. The number of nitrogens with one attached hydrogen (secondary N) is 2. The van der Waals surface area contributed by atoms with Crippen LogP contribution in [-0.4, -0.2) is 10.9 Å². The van der Waals surface area contributed by atoms with Gasteiger partial charge in [0.05, 0.1) is 10.9 Å². The number of anilines is 1. The van der Waals surface area contributed by atoms with Crippen LogP contribution < -0.4 is 16.7 Å². The Labute approximate surface area is 114 Å². The van der Waals surface area contributed by atoms with Gasteiger partial charge in [-0.05, 0) is 23.6 Å². The largest absolute Gasteiger partial charge is 0.419 e. The molecule has 0 bridgehead atoms. The molecule has 0 aliphatic carbocycles. The summed E-state index contributed by atoms with van der Waals surface area (Å²) in [6.07, 6.45) is 0.366. The fourth-order valence-corrected chi connectivity index (χ4v) is 1.86. The summed E-state index contributed by atoms with van der Waals surface area (Å²) in [6.45, 7) is 5.89. The van der Waals surface area contributed by atoms with Crippen LogP contribution >= 0.6 is 0 Å². The van der Waals surface area contributed by atoms with Gasteiger partial charge >= 0.3 is 11.4 Å². The number of hydrogen-bond donors (Lipinski definition) is 2. The van der Waals surface area contributed by atoms with Crippen molar-refractivity contribution in [3.63, 3.8) is 0 Å². The SMILES string of the molecule is CC(C)(C)CC(=O)Nc1ccc2[nH]c(=O)oc(=O)c2c1. The van der Waals surface area contributed by atoms with E-state index in [2.05, 4.69) is 14.7 Å². The average molecular weight is 276 g/mol. The first kappa shape index (κ1) is 14.0. The molecule has 2 N–H and O–H groups in total. The molecule has 0 radical (unpaired) electrons. The van der Waals surface area contributed by atoms with Crippen molar-refractivity contribution in [2.24, 2.45) is 5.41 Å². The number of fused-ring (bicyclic) bond motifs is 1. The predicted octanol–water partition coefficient (Wildman–Crippen LogP) is 1.86. The summed E-state index contributed by atoms with van der Waals surface area (Å²) in [5.41, 5.74) is 0.0207. The Bertz CT molecular complexity index is 765. The first-order valence-corrected chi connectivity index (χ1v) is 6.22. The zero-order valence-electron chi connectivity index (χ0n) is 11.6. The smallest absolute Gasteiger partial charge is 0.372 e. The number of benzene rings is 1. The third-order valence-electron chi connectivity index (χ3n) is 2.64. The van der Waals surface area contributed by atoms with Gasteiger partial charge in [-0.3, -0.25) is 9.78 Å². The van der Waals surface area contributed by atoms with E-state index >= 15 is 0 Å². The maximum absolute atomic E-state index is 11.8. The molecule has 106 valence electrons. The number of amides is 1. The van der Waals surface area contributed by atoms with Crippen LogP contribution in [-0.2, 0) is 4.79 Å². The van der Waals surface area contributed by atoms with E-state index < -0.39 is 11.4 Å². The number of carbonyl (C=O) groups is 1. The van der Waals surface area contributed by atoms with E-state index in [4.69, 9.17) is 0 Å². The van der Waals surface area contributed by atoms with E-state index in [1.165, 1.54) is 6.07 Å². The van der Waals surface area contributed by atoms with Gasteiger partial charge in [0.25, 0.3) is 0 Å². The fourth-order valence-electron chi connectivity index (χ4n) is 1.86. The summed E-state index contributed by atoms with van der Waals surface area (Å²) in [6, 6.07) is 4.66. The highest BCUT2D eigenvalue weighted by molar-refractivity contribution is 5.93. The standard InChI is InChI=1S/C14H16N2O4/c1-14(2,3)7-11(17)15-8-4-5-10-9(6-8)12(18)20-13(19)16-10/h4-6H,7H2,1-3H3,(H,15,17)(H,16,19). The number of hydrogen-bond acceptors (Lipinski definition) is 4. The van der Waals surface area contributed by atoms with Gasteiger partial charge in [0.2, 0.25) is 5.91 Å². The zero-order valence-corrected chi connectivity index (χ0v) is 11.6. The van der Waals surface area contributed by atoms with E-state index in [0.717, 1.165) is 0 Å². The maximum Gasteiger partial charge on any atom is 0.419 e. The van der Waals surface area contributed by atoms with Crippen LogP contribution in [0.2, 0.25) is 0 Å². The highest BCUT2D eigenvalue weighted by Gasteiger charge is 2.16. The second kappa shape index (κ2) is 4.96. The molecule has 20 heavy (non-hydrogen) atoms. The molecule has 2 aromatic rings. The molecule has 0 aliphatic rings. The minimum Gasteiger partial charge on any atom is -0.372 e. The molecule has 0 saturated carbocycles. The van der Waals surface area contributed by atoms with E-state index in [0.29, 0.717) is 17.6 Å². The van der Waals surface area contributed by atoms with Crippen LogP contribution in [0, 0.1) is 5.41 Å². The summed E-state index contributed by atoms with van der Waals surface area (Å²) in [7, 11) is 0. The van der Waals surface area contributed by atoms with Crippen molar-refractivity contribution in [1.29, 1.82) is 0 Å². The number of H-pyrrole nitrogens is 1. The Balaban J connectivity index is 2.31. The topological polar surface area (TPSA) is 92.2 Å². The van der Waals surface area contributed by atoms with Crippen molar-refractivity contribution >= 4 is 22.5 Å². The molecule has 1 heterocycles. The average Bonchev–Trinajstić information content (AvgIpc) is 2.27. The molecule has 0 unspecified atom stereocenters. The van der Waals surface area contributed by atoms with Gasteiger partial charge in [0.15, 0.2) is 0 Å². The van der Waals surface area contributed by atoms with Gasteiger partial charge in [-0.25, -0.2) is 9.59 Å². The van der Waals surface area contributed by atoms with Gasteiger partial charge in [0.1, 0.15) is 0 Å².